The topological polar surface area (TPSA) is 254 Å². The van der Waals surface area contributed by atoms with Crippen LogP contribution in [0.3, 0.4) is 0 Å². The number of nitrogens with zero attached hydrogens (tertiary/aromatic N) is 2. The van der Waals surface area contributed by atoms with E-state index >= 15 is 0 Å². The van der Waals surface area contributed by atoms with Gasteiger partial charge in [-0.15, -0.1) is 0 Å². The highest BCUT2D eigenvalue weighted by atomic mass is 16.4. The van der Waals surface area contributed by atoms with Crippen LogP contribution >= 0.6 is 0 Å². The summed E-state index contributed by atoms with van der Waals surface area (Å²) in [5.74, 6) is -7.47. The highest BCUT2D eigenvalue weighted by Gasteiger charge is 2.63. The maximum atomic E-state index is 13.5. The molecule has 0 saturated carbocycles. The maximum absolute atomic E-state index is 13.5. The minimum Gasteiger partial charge on any atom is -0.510 e. The summed E-state index contributed by atoms with van der Waals surface area (Å²) in [5.41, 5.74) is 13.4. The molecule has 0 aromatic heterocycles. The number of likely N-dealkylation sites (N-methyl/N-ethyl adjacent to an activating group) is 1. The zero-order chi connectivity index (χ0) is 32.5. The number of carbonyl (C=O) groups excluding carboxylic acids is 3. The summed E-state index contributed by atoms with van der Waals surface area (Å²) in [7, 11) is 6.79. The Hall–Kier alpha value is -3.98. The average Bonchev–Trinajstić information content (AvgIpc) is 2.90. The van der Waals surface area contributed by atoms with E-state index in [0.29, 0.717) is 18.5 Å². The van der Waals surface area contributed by atoms with Gasteiger partial charge < -0.3 is 47.6 Å². The van der Waals surface area contributed by atoms with Crippen molar-refractivity contribution in [3.05, 3.63) is 45.9 Å². The number of rotatable bonds is 8. The second kappa shape index (κ2) is 12.7. The Bertz CT molecular complexity index is 1390. The lowest BCUT2D eigenvalue weighted by Crippen LogP contribution is -2.63. The molecule has 3 aliphatic rings. The fraction of sp³-hybridized carbons (Fsp3) is 0.517. The molecule has 11 N–H and O–H groups in total. The number of hydrogen-bond donors (Lipinski definition) is 8. The molecule has 0 heterocycles. The fourth-order valence-corrected chi connectivity index (χ4v) is 6.29. The molecule has 0 saturated heterocycles. The minimum atomic E-state index is -2.63. The fourth-order valence-electron chi connectivity index (χ4n) is 6.29. The number of benzene rings is 1. The van der Waals surface area contributed by atoms with E-state index in [4.69, 9.17) is 22.3 Å². The van der Waals surface area contributed by atoms with Crippen LogP contribution in [0.2, 0.25) is 0 Å². The Morgan fingerprint density at radius 1 is 1.09 bits per heavy atom. The summed E-state index contributed by atoms with van der Waals surface area (Å²) >= 11 is 0. The van der Waals surface area contributed by atoms with Gasteiger partial charge in [0.05, 0.1) is 11.6 Å². The molecule has 0 radical (unpaired) electrons. The van der Waals surface area contributed by atoms with Crippen molar-refractivity contribution in [1.82, 2.24) is 4.90 Å². The van der Waals surface area contributed by atoms with Crippen molar-refractivity contribution >= 4 is 29.1 Å². The number of fused-ring (bicyclic) bond motifs is 3. The summed E-state index contributed by atoms with van der Waals surface area (Å²) in [6.07, 6.45) is 2.49. The predicted octanol–water partition coefficient (Wildman–Crippen LogP) is -0.286. The molecule has 0 spiro atoms. The van der Waals surface area contributed by atoms with Gasteiger partial charge in [0.25, 0.3) is 5.91 Å². The number of carbonyl (C=O) groups is 4. The van der Waals surface area contributed by atoms with Gasteiger partial charge in [-0.2, -0.15) is 0 Å². The first-order valence-electron chi connectivity index (χ1n) is 13.9. The lowest BCUT2D eigenvalue weighted by Gasteiger charge is -2.50. The number of aliphatic hydroxyl groups is 3. The third kappa shape index (κ3) is 5.83. The Balaban J connectivity index is 0.000000436. The van der Waals surface area contributed by atoms with Crippen molar-refractivity contribution in [2.24, 2.45) is 29.0 Å². The van der Waals surface area contributed by atoms with Crippen molar-refractivity contribution in [2.45, 2.75) is 49.8 Å². The lowest BCUT2D eigenvalue weighted by atomic mass is 9.58. The molecular formula is C29H41N5O9. The summed E-state index contributed by atoms with van der Waals surface area (Å²) in [4.78, 5) is 52.1. The van der Waals surface area contributed by atoms with Crippen LogP contribution in [0.15, 0.2) is 34.8 Å². The van der Waals surface area contributed by atoms with Crippen molar-refractivity contribution in [3.63, 3.8) is 0 Å². The number of aliphatic carboxylic acids is 1. The quantitative estimate of drug-likeness (QED) is 0.141. The SMILES string of the molecule is CN(C)c1ccc(O)c2c1C[C@H]1C[C@H]3[C@H](N(C)C)C(O)=C(C(N)=O)C(=O)[C@@]3(O)C(O)=C1C2=O.NCCCC[C@H](N)C(=O)O. The third-order valence-corrected chi connectivity index (χ3v) is 8.35. The Kier molecular flexibility index (Phi) is 9.91. The normalized spacial score (nSPS) is 25.3. The number of amides is 1. The summed E-state index contributed by atoms with van der Waals surface area (Å²) in [6.45, 7) is 0.604. The second-order valence-electron chi connectivity index (χ2n) is 11.5. The number of unbranched alkanes of at least 4 members (excludes halogenated alkanes) is 1. The van der Waals surface area contributed by atoms with Gasteiger partial charge in [0.2, 0.25) is 5.78 Å². The molecule has 236 valence electrons. The number of aromatic hydroxyl groups is 1. The number of carboxylic acids is 1. The van der Waals surface area contributed by atoms with Crippen LogP contribution in [0.25, 0.3) is 0 Å². The molecule has 0 bridgehead atoms. The van der Waals surface area contributed by atoms with Gasteiger partial charge in [-0.25, -0.2) is 0 Å². The third-order valence-electron chi connectivity index (χ3n) is 8.35. The van der Waals surface area contributed by atoms with Gasteiger partial charge in [0.15, 0.2) is 11.4 Å². The van der Waals surface area contributed by atoms with Crippen LogP contribution in [0, 0.1) is 11.8 Å². The van der Waals surface area contributed by atoms with Gasteiger partial charge in [0, 0.05) is 31.3 Å². The van der Waals surface area contributed by atoms with E-state index < -0.39 is 70.1 Å². The Morgan fingerprint density at radius 3 is 2.23 bits per heavy atom. The second-order valence-corrected chi connectivity index (χ2v) is 11.5. The molecule has 14 nitrogen and oxygen atoms in total. The van der Waals surface area contributed by atoms with Crippen molar-refractivity contribution in [1.29, 1.82) is 0 Å². The largest absolute Gasteiger partial charge is 0.510 e. The standard InChI is InChI=1S/C23H27N3O7.C6H14N2O2/c1-25(2)12-5-6-13(27)15-10(12)7-9-8-11-17(26(3)4)19(29)16(22(24)32)21(31)23(11,33)20(30)14(9)18(15)28;7-4-2-1-3-5(8)6(9)10/h5-6,9,11,17,27,29-30,33H,7-8H2,1-4H3,(H2,24,32);5H,1-4,7-8H2,(H,9,10)/t9-,11-,17-,23-;5-/m00/s1. The average molecular weight is 604 g/mol. The van der Waals surface area contributed by atoms with E-state index in [1.807, 2.05) is 0 Å². The highest BCUT2D eigenvalue weighted by molar-refractivity contribution is 6.24. The number of aliphatic hydroxyl groups excluding tert-OH is 2. The van der Waals surface area contributed by atoms with Gasteiger partial charge in [0.1, 0.15) is 28.9 Å². The van der Waals surface area contributed by atoms with E-state index in [1.54, 1.807) is 39.2 Å². The molecule has 0 unspecified atom stereocenters. The smallest absolute Gasteiger partial charge is 0.320 e. The molecule has 5 atom stereocenters. The lowest BCUT2D eigenvalue weighted by molar-refractivity contribution is -0.148. The maximum Gasteiger partial charge on any atom is 0.320 e. The first kappa shape index (κ1) is 33.5. The zero-order valence-corrected chi connectivity index (χ0v) is 24.7. The van der Waals surface area contributed by atoms with Crippen LogP contribution in [0.1, 0.15) is 41.6 Å². The Morgan fingerprint density at radius 2 is 1.72 bits per heavy atom. The Labute approximate surface area is 249 Å². The predicted molar refractivity (Wildman–Crippen MR) is 157 cm³/mol. The highest BCUT2D eigenvalue weighted by Crippen LogP contribution is 2.53. The van der Waals surface area contributed by atoms with E-state index in [0.717, 1.165) is 18.5 Å². The summed E-state index contributed by atoms with van der Waals surface area (Å²) in [5, 5.41) is 52.2. The zero-order valence-electron chi connectivity index (χ0n) is 24.7. The number of primary amides is 1. The molecule has 1 aromatic carbocycles. The van der Waals surface area contributed by atoms with Crippen LogP contribution < -0.4 is 22.1 Å². The van der Waals surface area contributed by atoms with Crippen LogP contribution in [0.5, 0.6) is 5.75 Å². The van der Waals surface area contributed by atoms with Gasteiger partial charge in [-0.1, -0.05) is 6.42 Å². The molecule has 1 amide bonds. The number of carboxylic acid groups (broad SMARTS) is 1. The van der Waals surface area contributed by atoms with E-state index in [2.05, 4.69) is 0 Å². The van der Waals surface area contributed by atoms with Gasteiger partial charge in [-0.3, -0.25) is 24.1 Å². The van der Waals surface area contributed by atoms with E-state index in [9.17, 15) is 39.6 Å². The van der Waals surface area contributed by atoms with Crippen LogP contribution in [-0.4, -0.2) is 106 Å². The molecule has 14 heteroatoms. The minimum absolute atomic E-state index is 0.00184. The number of ketones is 2. The molecular weight excluding hydrogens is 562 g/mol. The summed E-state index contributed by atoms with van der Waals surface area (Å²) < 4.78 is 0. The van der Waals surface area contributed by atoms with Crippen molar-refractivity contribution in [2.75, 3.05) is 39.6 Å². The number of nitrogens with two attached hydrogens (primary N) is 3. The van der Waals surface area contributed by atoms with E-state index in [1.165, 1.54) is 11.0 Å². The number of Topliss-reactive ketones (excluding diaryl/α,β-unsaturated/α-hetero) is 2. The van der Waals surface area contributed by atoms with Crippen LogP contribution in [-0.2, 0) is 20.8 Å². The first-order valence-corrected chi connectivity index (χ1v) is 13.9. The summed E-state index contributed by atoms with van der Waals surface area (Å²) in [6, 6.07) is 1.35. The number of phenolic OH excluding ortho intramolecular Hbond substituents is 1. The van der Waals surface area contributed by atoms with Crippen molar-refractivity contribution in [3.8, 4) is 5.75 Å². The molecule has 0 fully saturated rings. The molecule has 43 heavy (non-hydrogen) atoms. The number of hydrogen-bond acceptors (Lipinski definition) is 12. The molecule has 1 aromatic rings. The molecule has 4 rings (SSSR count). The number of allylic oxidation sites excluding steroid dienone is 1. The van der Waals surface area contributed by atoms with Gasteiger partial charge >= 0.3 is 5.97 Å². The van der Waals surface area contributed by atoms with E-state index in [-0.39, 0.29) is 29.7 Å². The molecule has 3 aliphatic carbocycles. The molecule has 0 aliphatic heterocycles. The van der Waals surface area contributed by atoms with Gasteiger partial charge in [-0.05, 0) is 69.9 Å². The number of phenols is 1. The number of anilines is 1. The van der Waals surface area contributed by atoms with Crippen LogP contribution in [0.4, 0.5) is 5.69 Å². The monoisotopic (exact) mass is 603 g/mol. The van der Waals surface area contributed by atoms with Crippen molar-refractivity contribution < 1.29 is 44.7 Å². The first-order chi connectivity index (χ1) is 20.0.